The summed E-state index contributed by atoms with van der Waals surface area (Å²) >= 11 is 0. The lowest BCUT2D eigenvalue weighted by atomic mass is 10.4. The van der Waals surface area contributed by atoms with Crippen molar-refractivity contribution in [2.45, 2.75) is 20.3 Å². The summed E-state index contributed by atoms with van der Waals surface area (Å²) in [6.07, 6.45) is 3.55. The van der Waals surface area contributed by atoms with Gasteiger partial charge in [0.2, 0.25) is 6.41 Å². The molecule has 0 spiro atoms. The molecule has 0 fully saturated rings. The summed E-state index contributed by atoms with van der Waals surface area (Å²) in [6.45, 7) is 5.09. The average Bonchev–Trinajstić information content (AvgIpc) is 2.01. The van der Waals surface area contributed by atoms with Crippen LogP contribution in [-0.4, -0.2) is 19.6 Å². The van der Waals surface area contributed by atoms with Crippen molar-refractivity contribution in [3.63, 3.8) is 0 Å². The van der Waals surface area contributed by atoms with Gasteiger partial charge in [-0.05, 0) is 19.4 Å². The van der Waals surface area contributed by atoms with Gasteiger partial charge in [-0.2, -0.15) is 0 Å². The number of rotatable bonds is 6. The molecule has 0 radical (unpaired) electrons. The molecule has 0 heterocycles. The van der Waals surface area contributed by atoms with E-state index < -0.39 is 0 Å². The van der Waals surface area contributed by atoms with Gasteiger partial charge < -0.3 is 10.1 Å². The van der Waals surface area contributed by atoms with Gasteiger partial charge in [-0.15, -0.1) is 0 Å². The molecule has 0 aromatic rings. The first kappa shape index (κ1) is 10.0. The van der Waals surface area contributed by atoms with E-state index in [9.17, 15) is 4.79 Å². The fraction of sp³-hybridized carbons (Fsp3) is 0.625. The maximum atomic E-state index is 9.92. The Morgan fingerprint density at radius 1 is 1.55 bits per heavy atom. The summed E-state index contributed by atoms with van der Waals surface area (Å²) in [7, 11) is 0. The Labute approximate surface area is 67.4 Å². The van der Waals surface area contributed by atoms with Gasteiger partial charge in [-0.3, -0.25) is 4.79 Å². The average molecular weight is 157 g/mol. The molecule has 0 aliphatic heterocycles. The summed E-state index contributed by atoms with van der Waals surface area (Å²) in [5.41, 5.74) is 0. The van der Waals surface area contributed by atoms with Crippen molar-refractivity contribution in [3.8, 4) is 0 Å². The number of hydrogen-bond donors (Lipinski definition) is 1. The Kier molecular flexibility index (Phi) is 6.48. The molecule has 0 aliphatic rings. The Morgan fingerprint density at radius 3 is 2.73 bits per heavy atom. The van der Waals surface area contributed by atoms with Crippen molar-refractivity contribution in [1.82, 2.24) is 5.32 Å². The zero-order valence-corrected chi connectivity index (χ0v) is 7.09. The lowest BCUT2D eigenvalue weighted by molar-refractivity contribution is -0.109. The second-order valence-corrected chi connectivity index (χ2v) is 2.01. The van der Waals surface area contributed by atoms with E-state index in [-0.39, 0.29) is 0 Å². The topological polar surface area (TPSA) is 38.3 Å². The molecule has 0 saturated heterocycles. The van der Waals surface area contributed by atoms with Crippen molar-refractivity contribution in [1.29, 1.82) is 0 Å². The third kappa shape index (κ3) is 5.45. The van der Waals surface area contributed by atoms with Crippen LogP contribution in [0.5, 0.6) is 0 Å². The largest absolute Gasteiger partial charge is 0.497 e. The van der Waals surface area contributed by atoms with Gasteiger partial charge in [0.05, 0.1) is 13.2 Å². The second kappa shape index (κ2) is 7.12. The standard InChI is InChI=1S/C8H15NO2/c1-3-5-8(11-4-2)6-9-7-10/h5,7H,3-4,6H2,1-2H3,(H,9,10)/b8-5+. The van der Waals surface area contributed by atoms with E-state index in [0.717, 1.165) is 12.2 Å². The van der Waals surface area contributed by atoms with Gasteiger partial charge in [0.25, 0.3) is 0 Å². The highest BCUT2D eigenvalue weighted by Gasteiger charge is 1.93. The number of carbonyl (C=O) groups excluding carboxylic acids is 1. The smallest absolute Gasteiger partial charge is 0.207 e. The van der Waals surface area contributed by atoms with E-state index in [4.69, 9.17) is 4.74 Å². The van der Waals surface area contributed by atoms with Crippen LogP contribution in [0.15, 0.2) is 11.8 Å². The van der Waals surface area contributed by atoms with E-state index in [1.54, 1.807) is 0 Å². The van der Waals surface area contributed by atoms with Crippen LogP contribution in [0, 0.1) is 0 Å². The molecule has 1 amide bonds. The zero-order chi connectivity index (χ0) is 8.53. The molecule has 3 nitrogen and oxygen atoms in total. The Morgan fingerprint density at radius 2 is 2.27 bits per heavy atom. The van der Waals surface area contributed by atoms with Crippen molar-refractivity contribution >= 4 is 6.41 Å². The minimum absolute atomic E-state index is 0.491. The van der Waals surface area contributed by atoms with Crippen LogP contribution < -0.4 is 5.32 Å². The molecule has 64 valence electrons. The molecule has 0 rings (SSSR count). The fourth-order valence-electron chi connectivity index (χ4n) is 0.737. The monoisotopic (exact) mass is 157 g/mol. The lowest BCUT2D eigenvalue weighted by Crippen LogP contribution is -2.16. The molecule has 0 aromatic carbocycles. The van der Waals surface area contributed by atoms with Crippen LogP contribution >= 0.6 is 0 Å². The van der Waals surface area contributed by atoms with Crippen LogP contribution in [-0.2, 0) is 9.53 Å². The van der Waals surface area contributed by atoms with Gasteiger partial charge in [0.1, 0.15) is 5.76 Å². The first-order valence-corrected chi connectivity index (χ1v) is 3.84. The van der Waals surface area contributed by atoms with Crippen LogP contribution in [0.25, 0.3) is 0 Å². The normalized spacial score (nSPS) is 10.9. The molecule has 0 aliphatic carbocycles. The lowest BCUT2D eigenvalue weighted by Gasteiger charge is -2.06. The van der Waals surface area contributed by atoms with Gasteiger partial charge in [0, 0.05) is 0 Å². The number of nitrogens with one attached hydrogen (secondary N) is 1. The Balaban J connectivity index is 3.68. The number of carbonyl (C=O) groups is 1. The van der Waals surface area contributed by atoms with Crippen molar-refractivity contribution < 1.29 is 9.53 Å². The summed E-state index contributed by atoms with van der Waals surface area (Å²) in [6, 6.07) is 0. The van der Waals surface area contributed by atoms with Gasteiger partial charge in [-0.25, -0.2) is 0 Å². The van der Waals surface area contributed by atoms with E-state index >= 15 is 0 Å². The fourth-order valence-corrected chi connectivity index (χ4v) is 0.737. The minimum Gasteiger partial charge on any atom is -0.497 e. The number of ether oxygens (including phenoxy) is 1. The van der Waals surface area contributed by atoms with Crippen molar-refractivity contribution in [2.75, 3.05) is 13.2 Å². The molecular weight excluding hydrogens is 142 g/mol. The summed E-state index contributed by atoms with van der Waals surface area (Å²) < 4.78 is 5.22. The van der Waals surface area contributed by atoms with E-state index in [1.807, 2.05) is 19.9 Å². The molecule has 11 heavy (non-hydrogen) atoms. The molecule has 1 N–H and O–H groups in total. The second-order valence-electron chi connectivity index (χ2n) is 2.01. The van der Waals surface area contributed by atoms with E-state index in [2.05, 4.69) is 5.32 Å². The van der Waals surface area contributed by atoms with Gasteiger partial charge >= 0.3 is 0 Å². The molecule has 0 aromatic heterocycles. The highest BCUT2D eigenvalue weighted by molar-refractivity contribution is 5.46. The van der Waals surface area contributed by atoms with E-state index in [0.29, 0.717) is 19.6 Å². The third-order valence-corrected chi connectivity index (χ3v) is 1.12. The van der Waals surface area contributed by atoms with Gasteiger partial charge in [-0.1, -0.05) is 6.92 Å². The molecular formula is C8H15NO2. The van der Waals surface area contributed by atoms with Gasteiger partial charge in [0.15, 0.2) is 0 Å². The number of amides is 1. The van der Waals surface area contributed by atoms with Crippen LogP contribution in [0.4, 0.5) is 0 Å². The highest BCUT2D eigenvalue weighted by Crippen LogP contribution is 1.96. The number of hydrogen-bond acceptors (Lipinski definition) is 2. The molecule has 0 atom stereocenters. The number of allylic oxidation sites excluding steroid dienone is 1. The first-order chi connectivity index (χ1) is 5.35. The Hall–Kier alpha value is -0.990. The quantitative estimate of drug-likeness (QED) is 0.462. The van der Waals surface area contributed by atoms with Crippen LogP contribution in [0.3, 0.4) is 0 Å². The predicted octanol–water partition coefficient (Wildman–Crippen LogP) is 1.06. The predicted molar refractivity (Wildman–Crippen MR) is 44.1 cm³/mol. The van der Waals surface area contributed by atoms with E-state index in [1.165, 1.54) is 0 Å². The summed E-state index contributed by atoms with van der Waals surface area (Å²) in [4.78, 5) is 9.92. The maximum absolute atomic E-state index is 9.92. The molecule has 0 saturated carbocycles. The Bertz CT molecular complexity index is 132. The molecule has 3 heteroatoms. The van der Waals surface area contributed by atoms with Crippen LogP contribution in [0.2, 0.25) is 0 Å². The highest BCUT2D eigenvalue weighted by atomic mass is 16.5. The van der Waals surface area contributed by atoms with Crippen molar-refractivity contribution in [2.24, 2.45) is 0 Å². The molecule has 0 bridgehead atoms. The van der Waals surface area contributed by atoms with Crippen molar-refractivity contribution in [3.05, 3.63) is 11.8 Å². The van der Waals surface area contributed by atoms with Crippen LogP contribution in [0.1, 0.15) is 20.3 Å². The molecule has 0 unspecified atom stereocenters. The minimum atomic E-state index is 0.491. The third-order valence-electron chi connectivity index (χ3n) is 1.12. The zero-order valence-electron chi connectivity index (χ0n) is 7.09. The first-order valence-electron chi connectivity index (χ1n) is 3.84. The summed E-state index contributed by atoms with van der Waals surface area (Å²) in [5.74, 6) is 0.835. The maximum Gasteiger partial charge on any atom is 0.207 e. The summed E-state index contributed by atoms with van der Waals surface area (Å²) in [5, 5.41) is 2.54. The SMILES string of the molecule is CC/C=C(\CNC=O)OCC.